The van der Waals surface area contributed by atoms with Crippen LogP contribution in [0.15, 0.2) is 30.6 Å². The van der Waals surface area contributed by atoms with Gasteiger partial charge >= 0.3 is 0 Å². The third kappa shape index (κ3) is 1.53. The number of aryl methyl sites for hydroxylation is 2. The van der Waals surface area contributed by atoms with Crippen molar-refractivity contribution in [2.75, 3.05) is 0 Å². The monoisotopic (exact) mass is 187 g/mol. The van der Waals surface area contributed by atoms with E-state index in [0.717, 1.165) is 17.9 Å². The van der Waals surface area contributed by atoms with Crippen molar-refractivity contribution in [3.8, 4) is 11.4 Å². The molecule has 0 amide bonds. The smallest absolute Gasteiger partial charge is 0.163 e. The molecule has 0 saturated heterocycles. The number of hydrogen-bond acceptors (Lipinski definition) is 2. The summed E-state index contributed by atoms with van der Waals surface area (Å²) in [6.45, 7) is 5.06. The van der Waals surface area contributed by atoms with E-state index in [0.29, 0.717) is 0 Å². The lowest BCUT2D eigenvalue weighted by molar-refractivity contribution is 0.767. The number of rotatable bonds is 2. The molecular weight excluding hydrogens is 174 g/mol. The molecule has 0 N–H and O–H groups in total. The Balaban J connectivity index is 2.49. The van der Waals surface area contributed by atoms with Crippen LogP contribution in [-0.2, 0) is 6.54 Å². The molecule has 0 aliphatic carbocycles. The van der Waals surface area contributed by atoms with Gasteiger partial charge in [-0.25, -0.2) is 0 Å². The molecule has 0 atom stereocenters. The Morgan fingerprint density at radius 3 is 2.93 bits per heavy atom. The van der Waals surface area contributed by atoms with Gasteiger partial charge in [-0.15, -0.1) is 10.2 Å². The van der Waals surface area contributed by atoms with E-state index in [4.69, 9.17) is 0 Å². The zero-order valence-corrected chi connectivity index (χ0v) is 8.44. The van der Waals surface area contributed by atoms with E-state index < -0.39 is 0 Å². The molecule has 0 fully saturated rings. The first-order valence-corrected chi connectivity index (χ1v) is 4.76. The summed E-state index contributed by atoms with van der Waals surface area (Å²) in [4.78, 5) is 0. The van der Waals surface area contributed by atoms with Crippen LogP contribution >= 0.6 is 0 Å². The van der Waals surface area contributed by atoms with Gasteiger partial charge in [0.2, 0.25) is 0 Å². The molecule has 0 bridgehead atoms. The van der Waals surface area contributed by atoms with Crippen molar-refractivity contribution in [1.82, 2.24) is 14.8 Å². The first-order chi connectivity index (χ1) is 6.81. The fourth-order valence-electron chi connectivity index (χ4n) is 1.49. The van der Waals surface area contributed by atoms with Crippen LogP contribution in [-0.4, -0.2) is 14.8 Å². The lowest BCUT2D eigenvalue weighted by Gasteiger charge is -2.03. The summed E-state index contributed by atoms with van der Waals surface area (Å²) in [6.07, 6.45) is 1.76. The van der Waals surface area contributed by atoms with Crippen LogP contribution in [0.4, 0.5) is 0 Å². The van der Waals surface area contributed by atoms with Crippen molar-refractivity contribution in [3.05, 3.63) is 36.2 Å². The van der Waals surface area contributed by atoms with Crippen LogP contribution in [0.5, 0.6) is 0 Å². The fraction of sp³-hybridized carbons (Fsp3) is 0.273. The first kappa shape index (κ1) is 8.94. The third-order valence-electron chi connectivity index (χ3n) is 2.23. The van der Waals surface area contributed by atoms with Gasteiger partial charge < -0.3 is 4.57 Å². The van der Waals surface area contributed by atoms with E-state index in [9.17, 15) is 0 Å². The first-order valence-electron chi connectivity index (χ1n) is 4.76. The molecule has 0 unspecified atom stereocenters. The summed E-state index contributed by atoms with van der Waals surface area (Å²) < 4.78 is 2.04. The van der Waals surface area contributed by atoms with Crippen LogP contribution in [0.3, 0.4) is 0 Å². The Morgan fingerprint density at radius 1 is 1.36 bits per heavy atom. The molecule has 3 nitrogen and oxygen atoms in total. The Morgan fingerprint density at radius 2 is 2.21 bits per heavy atom. The Kier molecular flexibility index (Phi) is 2.31. The number of hydrogen-bond donors (Lipinski definition) is 0. The SMILES string of the molecule is CCn1cnnc1-c1cccc(C)c1. The van der Waals surface area contributed by atoms with Crippen LogP contribution < -0.4 is 0 Å². The Labute approximate surface area is 83.4 Å². The highest BCUT2D eigenvalue weighted by molar-refractivity contribution is 5.55. The van der Waals surface area contributed by atoms with Crippen molar-refractivity contribution in [2.24, 2.45) is 0 Å². The summed E-state index contributed by atoms with van der Waals surface area (Å²) in [6, 6.07) is 8.30. The molecule has 1 heterocycles. The molecule has 0 aliphatic heterocycles. The summed E-state index contributed by atoms with van der Waals surface area (Å²) >= 11 is 0. The van der Waals surface area contributed by atoms with Gasteiger partial charge in [0.1, 0.15) is 6.33 Å². The summed E-state index contributed by atoms with van der Waals surface area (Å²) in [5.74, 6) is 0.941. The predicted molar refractivity (Wildman–Crippen MR) is 55.9 cm³/mol. The van der Waals surface area contributed by atoms with E-state index in [1.165, 1.54) is 5.56 Å². The lowest BCUT2D eigenvalue weighted by atomic mass is 10.1. The van der Waals surface area contributed by atoms with Crippen molar-refractivity contribution < 1.29 is 0 Å². The zero-order chi connectivity index (χ0) is 9.97. The molecule has 2 rings (SSSR count). The van der Waals surface area contributed by atoms with Crippen molar-refractivity contribution in [2.45, 2.75) is 20.4 Å². The molecule has 2 aromatic rings. The molecule has 0 aliphatic rings. The van der Waals surface area contributed by atoms with Gasteiger partial charge in [-0.3, -0.25) is 0 Å². The maximum Gasteiger partial charge on any atom is 0.163 e. The minimum atomic E-state index is 0.899. The molecule has 1 aromatic heterocycles. The summed E-state index contributed by atoms with van der Waals surface area (Å²) in [5, 5.41) is 8.02. The van der Waals surface area contributed by atoms with Crippen molar-refractivity contribution in [3.63, 3.8) is 0 Å². The molecule has 3 heteroatoms. The molecule has 0 saturated carbocycles. The van der Waals surface area contributed by atoms with E-state index >= 15 is 0 Å². The highest BCUT2D eigenvalue weighted by Crippen LogP contribution is 2.17. The number of nitrogens with zero attached hydrogens (tertiary/aromatic N) is 3. The standard InChI is InChI=1S/C11H13N3/c1-3-14-8-12-13-11(14)10-6-4-5-9(2)7-10/h4-8H,3H2,1-2H3. The van der Waals surface area contributed by atoms with E-state index in [2.05, 4.69) is 42.2 Å². The lowest BCUT2D eigenvalue weighted by Crippen LogP contribution is -1.95. The van der Waals surface area contributed by atoms with Crippen LogP contribution in [0.25, 0.3) is 11.4 Å². The predicted octanol–water partition coefficient (Wildman–Crippen LogP) is 2.27. The molecule has 72 valence electrons. The maximum atomic E-state index is 4.11. The average Bonchev–Trinajstić information content (AvgIpc) is 2.65. The molecule has 14 heavy (non-hydrogen) atoms. The highest BCUT2D eigenvalue weighted by Gasteiger charge is 2.04. The van der Waals surface area contributed by atoms with Gasteiger partial charge in [0.05, 0.1) is 0 Å². The zero-order valence-electron chi connectivity index (χ0n) is 8.44. The topological polar surface area (TPSA) is 30.7 Å². The van der Waals surface area contributed by atoms with Gasteiger partial charge in [0, 0.05) is 12.1 Å². The van der Waals surface area contributed by atoms with Gasteiger partial charge in [-0.05, 0) is 19.9 Å². The Bertz CT molecular complexity index is 432. The van der Waals surface area contributed by atoms with E-state index in [1.54, 1.807) is 6.33 Å². The largest absolute Gasteiger partial charge is 0.314 e. The van der Waals surface area contributed by atoms with Gasteiger partial charge in [-0.1, -0.05) is 23.8 Å². The van der Waals surface area contributed by atoms with Crippen molar-refractivity contribution >= 4 is 0 Å². The van der Waals surface area contributed by atoms with E-state index in [1.807, 2.05) is 10.6 Å². The second kappa shape index (κ2) is 3.62. The molecule has 0 spiro atoms. The van der Waals surface area contributed by atoms with Gasteiger partial charge in [0.15, 0.2) is 5.82 Å². The van der Waals surface area contributed by atoms with Crippen molar-refractivity contribution in [1.29, 1.82) is 0 Å². The molecular formula is C11H13N3. The minimum absolute atomic E-state index is 0.899. The normalized spacial score (nSPS) is 10.4. The summed E-state index contributed by atoms with van der Waals surface area (Å²) in [7, 11) is 0. The number of benzene rings is 1. The Hall–Kier alpha value is -1.64. The second-order valence-electron chi connectivity index (χ2n) is 3.31. The van der Waals surface area contributed by atoms with Crippen LogP contribution in [0, 0.1) is 6.92 Å². The quantitative estimate of drug-likeness (QED) is 0.722. The maximum absolute atomic E-state index is 4.11. The van der Waals surface area contributed by atoms with Crippen LogP contribution in [0.2, 0.25) is 0 Å². The van der Waals surface area contributed by atoms with Crippen LogP contribution in [0.1, 0.15) is 12.5 Å². The average molecular weight is 187 g/mol. The number of aromatic nitrogens is 3. The van der Waals surface area contributed by atoms with E-state index in [-0.39, 0.29) is 0 Å². The second-order valence-corrected chi connectivity index (χ2v) is 3.31. The molecule has 0 radical (unpaired) electrons. The minimum Gasteiger partial charge on any atom is -0.314 e. The summed E-state index contributed by atoms with van der Waals surface area (Å²) in [5.41, 5.74) is 2.37. The van der Waals surface area contributed by atoms with Gasteiger partial charge in [-0.2, -0.15) is 0 Å². The third-order valence-corrected chi connectivity index (χ3v) is 2.23. The fourth-order valence-corrected chi connectivity index (χ4v) is 1.49. The highest BCUT2D eigenvalue weighted by atomic mass is 15.3. The molecule has 1 aromatic carbocycles. The van der Waals surface area contributed by atoms with Gasteiger partial charge in [0.25, 0.3) is 0 Å².